The molecule has 5 rings (SSSR count). The molecular formula is C32H30BrCl2N3O5S. The molecule has 0 saturated carbocycles. The Morgan fingerprint density at radius 1 is 1.07 bits per heavy atom. The molecule has 230 valence electrons. The van der Waals surface area contributed by atoms with Crippen molar-refractivity contribution in [2.24, 2.45) is 4.99 Å². The van der Waals surface area contributed by atoms with E-state index in [4.69, 9.17) is 42.4 Å². The van der Waals surface area contributed by atoms with Gasteiger partial charge in [-0.3, -0.25) is 9.36 Å². The molecule has 4 aromatic rings. The average molecular weight is 719 g/mol. The van der Waals surface area contributed by atoms with E-state index in [0.29, 0.717) is 53.2 Å². The first-order valence-corrected chi connectivity index (χ1v) is 16.2. The smallest absolute Gasteiger partial charge is 0.338 e. The summed E-state index contributed by atoms with van der Waals surface area (Å²) in [4.78, 5) is 32.7. The summed E-state index contributed by atoms with van der Waals surface area (Å²) >= 11 is 17.4. The second-order valence-electron chi connectivity index (χ2n) is 10.0. The van der Waals surface area contributed by atoms with Crippen LogP contribution in [0.25, 0.3) is 11.8 Å². The molecule has 0 spiro atoms. The maximum atomic E-state index is 14.2. The number of carbonyl (C=O) groups is 1. The maximum absolute atomic E-state index is 14.2. The van der Waals surface area contributed by atoms with Crippen molar-refractivity contribution in [3.8, 4) is 17.2 Å². The van der Waals surface area contributed by atoms with Crippen molar-refractivity contribution in [1.29, 1.82) is 0 Å². The van der Waals surface area contributed by atoms with E-state index in [1.165, 1.54) is 11.3 Å². The lowest BCUT2D eigenvalue weighted by molar-refractivity contribution is -0.139. The molecule has 12 heteroatoms. The highest BCUT2D eigenvalue weighted by molar-refractivity contribution is 9.10. The zero-order chi connectivity index (χ0) is 31.9. The summed E-state index contributed by atoms with van der Waals surface area (Å²) in [7, 11) is 1.54. The SMILES string of the molecule is CCOC(=O)C1=C(C)N=c2s/c(=C/c3cc(C)n(-c4ccc(Cl)c(Cl)c4)c3C)c(=O)n2[C@H]1c1cc(OC)c(OCC)cc1Br. The zero-order valence-corrected chi connectivity index (χ0v) is 28.9. The fourth-order valence-corrected chi connectivity index (χ4v) is 7.24. The van der Waals surface area contributed by atoms with Gasteiger partial charge in [0.2, 0.25) is 0 Å². The van der Waals surface area contributed by atoms with Crippen molar-refractivity contribution < 1.29 is 19.0 Å². The Hall–Kier alpha value is -3.31. The molecule has 0 amide bonds. The first kappa shape index (κ1) is 32.1. The lowest BCUT2D eigenvalue weighted by Gasteiger charge is -2.26. The number of methoxy groups -OCH3 is 1. The van der Waals surface area contributed by atoms with Crippen LogP contribution in [0.2, 0.25) is 10.0 Å². The van der Waals surface area contributed by atoms with E-state index in [1.807, 2.05) is 45.0 Å². The predicted octanol–water partition coefficient (Wildman–Crippen LogP) is 6.68. The number of fused-ring (bicyclic) bond motifs is 1. The summed E-state index contributed by atoms with van der Waals surface area (Å²) in [6.07, 6.45) is 1.86. The number of benzene rings is 2. The molecule has 0 fully saturated rings. The summed E-state index contributed by atoms with van der Waals surface area (Å²) in [5.74, 6) is 0.464. The van der Waals surface area contributed by atoms with Crippen LogP contribution in [0.1, 0.15) is 49.3 Å². The van der Waals surface area contributed by atoms with Crippen LogP contribution in [0.4, 0.5) is 0 Å². The Morgan fingerprint density at radius 2 is 1.82 bits per heavy atom. The Morgan fingerprint density at radius 3 is 2.48 bits per heavy atom. The summed E-state index contributed by atoms with van der Waals surface area (Å²) in [6, 6.07) is 10.2. The fraction of sp³-hybridized carbons (Fsp3) is 0.281. The highest BCUT2D eigenvalue weighted by atomic mass is 79.9. The van der Waals surface area contributed by atoms with Crippen molar-refractivity contribution in [2.45, 2.75) is 40.7 Å². The number of rotatable bonds is 8. The van der Waals surface area contributed by atoms with Crippen LogP contribution >= 0.6 is 50.5 Å². The lowest BCUT2D eigenvalue weighted by atomic mass is 9.95. The molecule has 0 bridgehead atoms. The number of carbonyl (C=O) groups excluding carboxylic acids is 1. The van der Waals surface area contributed by atoms with Gasteiger partial charge in [0.1, 0.15) is 0 Å². The Kier molecular flexibility index (Phi) is 9.46. The number of allylic oxidation sites excluding steroid dienone is 1. The van der Waals surface area contributed by atoms with Crippen LogP contribution in [0.5, 0.6) is 11.5 Å². The summed E-state index contributed by atoms with van der Waals surface area (Å²) in [6.45, 7) is 9.95. The van der Waals surface area contributed by atoms with E-state index in [-0.39, 0.29) is 17.7 Å². The van der Waals surface area contributed by atoms with E-state index in [1.54, 1.807) is 43.7 Å². The van der Waals surface area contributed by atoms with Gasteiger partial charge in [0, 0.05) is 21.5 Å². The van der Waals surface area contributed by atoms with Gasteiger partial charge in [0.15, 0.2) is 16.3 Å². The number of esters is 1. The van der Waals surface area contributed by atoms with Gasteiger partial charge in [-0.1, -0.05) is 50.5 Å². The molecule has 2 aromatic heterocycles. The highest BCUT2D eigenvalue weighted by Crippen LogP contribution is 2.41. The van der Waals surface area contributed by atoms with Crippen LogP contribution in [0.15, 0.2) is 61.9 Å². The van der Waals surface area contributed by atoms with Crippen molar-refractivity contribution in [3.05, 3.63) is 104 Å². The molecule has 44 heavy (non-hydrogen) atoms. The molecule has 0 unspecified atom stereocenters. The van der Waals surface area contributed by atoms with E-state index < -0.39 is 12.0 Å². The molecule has 3 heterocycles. The monoisotopic (exact) mass is 717 g/mol. The van der Waals surface area contributed by atoms with Crippen molar-refractivity contribution in [1.82, 2.24) is 9.13 Å². The van der Waals surface area contributed by atoms with Crippen molar-refractivity contribution >= 4 is 62.5 Å². The van der Waals surface area contributed by atoms with E-state index in [2.05, 4.69) is 20.5 Å². The Labute approximate surface area is 276 Å². The zero-order valence-electron chi connectivity index (χ0n) is 25.0. The fourth-order valence-electron chi connectivity index (χ4n) is 5.37. The number of thiazole rings is 1. The van der Waals surface area contributed by atoms with Gasteiger partial charge in [0.05, 0.1) is 52.2 Å². The molecule has 0 saturated heterocycles. The van der Waals surface area contributed by atoms with Crippen molar-refractivity contribution in [2.75, 3.05) is 20.3 Å². The van der Waals surface area contributed by atoms with Gasteiger partial charge in [-0.25, -0.2) is 9.79 Å². The second-order valence-corrected chi connectivity index (χ2v) is 12.7. The maximum Gasteiger partial charge on any atom is 0.338 e. The summed E-state index contributed by atoms with van der Waals surface area (Å²) in [5.41, 5.74) is 4.70. The first-order valence-electron chi connectivity index (χ1n) is 13.8. The number of aryl methyl sites for hydroxylation is 1. The third-order valence-corrected chi connectivity index (χ3v) is 9.72. The standard InChI is InChI=1S/C32H30BrCl2N3O5S/c1-7-42-26-15-22(33)21(14-25(26)41-6)29-28(31(40)43-8-2)17(4)36-32-38(29)30(39)27(44-32)12-19-11-16(3)37(18(19)5)20-9-10-23(34)24(35)13-20/h9-15,29H,7-8H2,1-6H3/b27-12+/t29-/m0/s1. The predicted molar refractivity (Wildman–Crippen MR) is 178 cm³/mol. The molecule has 1 atom stereocenters. The number of aromatic nitrogens is 2. The number of hydrogen-bond acceptors (Lipinski definition) is 7. The van der Waals surface area contributed by atoms with Crippen LogP contribution in [0.3, 0.4) is 0 Å². The second kappa shape index (κ2) is 13.0. The topological polar surface area (TPSA) is 84.1 Å². The van der Waals surface area contributed by atoms with Gasteiger partial charge in [-0.2, -0.15) is 0 Å². The first-order chi connectivity index (χ1) is 21.0. The Balaban J connectivity index is 1.72. The van der Waals surface area contributed by atoms with E-state index in [9.17, 15) is 9.59 Å². The molecule has 0 N–H and O–H groups in total. The molecule has 0 aliphatic carbocycles. The van der Waals surface area contributed by atoms with Crippen LogP contribution in [0, 0.1) is 13.8 Å². The minimum Gasteiger partial charge on any atom is -0.493 e. The third kappa shape index (κ3) is 5.76. The van der Waals surface area contributed by atoms with Gasteiger partial charge in [-0.05, 0) is 88.2 Å². The summed E-state index contributed by atoms with van der Waals surface area (Å²) in [5, 5.41) is 0.930. The molecular weight excluding hydrogens is 689 g/mol. The largest absolute Gasteiger partial charge is 0.493 e. The van der Waals surface area contributed by atoms with Crippen molar-refractivity contribution in [3.63, 3.8) is 0 Å². The number of ether oxygens (including phenoxy) is 3. The quantitative estimate of drug-likeness (QED) is 0.190. The van der Waals surface area contributed by atoms with Crippen LogP contribution in [-0.4, -0.2) is 35.4 Å². The van der Waals surface area contributed by atoms with Crippen LogP contribution in [-0.2, 0) is 9.53 Å². The molecule has 0 radical (unpaired) electrons. The summed E-state index contributed by atoms with van der Waals surface area (Å²) < 4.78 is 21.5. The molecule has 1 aliphatic rings. The van der Waals surface area contributed by atoms with E-state index >= 15 is 0 Å². The Bertz CT molecular complexity index is 2010. The van der Waals surface area contributed by atoms with Crippen LogP contribution < -0.4 is 24.4 Å². The van der Waals surface area contributed by atoms with Gasteiger partial charge < -0.3 is 18.8 Å². The number of nitrogens with zero attached hydrogens (tertiary/aromatic N) is 3. The molecule has 8 nitrogen and oxygen atoms in total. The van der Waals surface area contributed by atoms with E-state index in [0.717, 1.165) is 22.6 Å². The minimum absolute atomic E-state index is 0.176. The third-order valence-electron chi connectivity index (χ3n) is 7.31. The highest BCUT2D eigenvalue weighted by Gasteiger charge is 2.35. The number of halogens is 3. The lowest BCUT2D eigenvalue weighted by Crippen LogP contribution is -2.40. The normalized spacial score (nSPS) is 14.8. The van der Waals surface area contributed by atoms with Gasteiger partial charge in [0.25, 0.3) is 5.56 Å². The average Bonchev–Trinajstić information content (AvgIpc) is 3.43. The molecule has 1 aliphatic heterocycles. The number of hydrogen-bond donors (Lipinski definition) is 0. The minimum atomic E-state index is -0.824. The van der Waals surface area contributed by atoms with Gasteiger partial charge >= 0.3 is 5.97 Å². The molecule has 2 aromatic carbocycles. The van der Waals surface area contributed by atoms with Gasteiger partial charge in [-0.15, -0.1) is 0 Å².